The van der Waals surface area contributed by atoms with Gasteiger partial charge >= 0.3 is 0 Å². The monoisotopic (exact) mass is 422 g/mol. The first-order chi connectivity index (χ1) is 13.9. The maximum Gasteiger partial charge on any atom is 0.243 e. The topological polar surface area (TPSA) is 80.2 Å². The van der Waals surface area contributed by atoms with Gasteiger partial charge < -0.3 is 15.0 Å². The summed E-state index contributed by atoms with van der Waals surface area (Å²) in [5.74, 6) is 0.115. The summed E-state index contributed by atoms with van der Waals surface area (Å²) < 4.78 is 45.0. The molecule has 29 heavy (non-hydrogen) atoms. The van der Waals surface area contributed by atoms with Gasteiger partial charge in [0.15, 0.2) is 0 Å². The van der Waals surface area contributed by atoms with Crippen LogP contribution in [0.3, 0.4) is 0 Å². The summed E-state index contributed by atoms with van der Waals surface area (Å²) in [4.78, 5) is 13.5. The first kappa shape index (κ1) is 21.2. The second-order valence-corrected chi connectivity index (χ2v) is 8.82. The summed E-state index contributed by atoms with van der Waals surface area (Å²) >= 11 is 0. The SMILES string of the molecule is COc1ccc(S(=O)(=O)N2CC[NH+](CCC(=O)Nc3ccc(F)cc3)CC2)cc1. The molecule has 1 saturated heterocycles. The number of hydrogen-bond donors (Lipinski definition) is 2. The quantitative estimate of drug-likeness (QED) is 0.690. The van der Waals surface area contributed by atoms with Crippen LogP contribution in [0.2, 0.25) is 0 Å². The molecule has 1 heterocycles. The minimum atomic E-state index is -3.53. The molecule has 0 unspecified atom stereocenters. The van der Waals surface area contributed by atoms with E-state index in [-0.39, 0.29) is 16.6 Å². The number of piperazine rings is 1. The van der Waals surface area contributed by atoms with Crippen molar-refractivity contribution in [3.05, 3.63) is 54.3 Å². The van der Waals surface area contributed by atoms with Crippen LogP contribution in [0.1, 0.15) is 6.42 Å². The number of carbonyl (C=O) groups excluding carboxylic acids is 1. The van der Waals surface area contributed by atoms with E-state index in [0.717, 1.165) is 0 Å². The van der Waals surface area contributed by atoms with E-state index in [1.165, 1.54) is 40.6 Å². The van der Waals surface area contributed by atoms with Crippen LogP contribution in [0.4, 0.5) is 10.1 Å². The van der Waals surface area contributed by atoms with E-state index >= 15 is 0 Å². The number of hydrogen-bond acceptors (Lipinski definition) is 4. The maximum absolute atomic E-state index is 12.9. The molecule has 3 rings (SSSR count). The number of nitrogens with zero attached hydrogens (tertiary/aromatic N) is 1. The molecule has 0 saturated carbocycles. The first-order valence-corrected chi connectivity index (χ1v) is 10.9. The molecule has 0 aliphatic carbocycles. The number of halogens is 1. The fourth-order valence-corrected chi connectivity index (χ4v) is 4.68. The summed E-state index contributed by atoms with van der Waals surface area (Å²) in [6.45, 7) is 2.70. The van der Waals surface area contributed by atoms with E-state index < -0.39 is 10.0 Å². The molecule has 0 aromatic heterocycles. The predicted molar refractivity (Wildman–Crippen MR) is 107 cm³/mol. The molecule has 2 aromatic rings. The molecule has 2 N–H and O–H groups in total. The maximum atomic E-state index is 12.9. The summed E-state index contributed by atoms with van der Waals surface area (Å²) in [7, 11) is -2.00. The van der Waals surface area contributed by atoms with Crippen molar-refractivity contribution in [3.8, 4) is 5.75 Å². The van der Waals surface area contributed by atoms with Gasteiger partial charge in [-0.25, -0.2) is 12.8 Å². The van der Waals surface area contributed by atoms with Gasteiger partial charge in [0.25, 0.3) is 0 Å². The van der Waals surface area contributed by atoms with Crippen molar-refractivity contribution in [1.29, 1.82) is 0 Å². The van der Waals surface area contributed by atoms with Gasteiger partial charge in [-0.1, -0.05) is 0 Å². The molecular formula is C20H25FN3O4S+. The number of quaternary nitrogens is 1. The van der Waals surface area contributed by atoms with Gasteiger partial charge in [-0.2, -0.15) is 4.31 Å². The molecule has 9 heteroatoms. The fourth-order valence-electron chi connectivity index (χ4n) is 3.24. The Morgan fingerprint density at radius 1 is 1.10 bits per heavy atom. The number of ether oxygens (including phenoxy) is 1. The zero-order valence-electron chi connectivity index (χ0n) is 16.2. The number of sulfonamides is 1. The van der Waals surface area contributed by atoms with Gasteiger partial charge in [0.2, 0.25) is 15.9 Å². The lowest BCUT2D eigenvalue weighted by molar-refractivity contribution is -0.903. The Kier molecular flexibility index (Phi) is 6.83. The highest BCUT2D eigenvalue weighted by Crippen LogP contribution is 2.19. The molecule has 7 nitrogen and oxygen atoms in total. The molecular weight excluding hydrogens is 397 g/mol. The van der Waals surface area contributed by atoms with Crippen molar-refractivity contribution in [2.24, 2.45) is 0 Å². The molecule has 1 aliphatic rings. The van der Waals surface area contributed by atoms with E-state index in [2.05, 4.69) is 5.32 Å². The minimum absolute atomic E-state index is 0.141. The Morgan fingerprint density at radius 3 is 2.31 bits per heavy atom. The summed E-state index contributed by atoms with van der Waals surface area (Å²) in [6.07, 6.45) is 0.317. The fraction of sp³-hybridized carbons (Fsp3) is 0.350. The molecule has 0 radical (unpaired) electrons. The van der Waals surface area contributed by atoms with Crippen LogP contribution < -0.4 is 15.0 Å². The number of carbonyl (C=O) groups is 1. The highest BCUT2D eigenvalue weighted by atomic mass is 32.2. The van der Waals surface area contributed by atoms with E-state index in [1.54, 1.807) is 24.3 Å². The highest BCUT2D eigenvalue weighted by molar-refractivity contribution is 7.89. The van der Waals surface area contributed by atoms with Gasteiger partial charge in [0.05, 0.1) is 51.1 Å². The zero-order valence-corrected chi connectivity index (χ0v) is 17.0. The Morgan fingerprint density at radius 2 is 1.72 bits per heavy atom. The van der Waals surface area contributed by atoms with Gasteiger partial charge in [0, 0.05) is 5.69 Å². The molecule has 156 valence electrons. The van der Waals surface area contributed by atoms with Crippen LogP contribution in [0.15, 0.2) is 53.4 Å². The normalized spacial score (nSPS) is 15.8. The molecule has 1 aliphatic heterocycles. The third-order valence-corrected chi connectivity index (χ3v) is 6.87. The van der Waals surface area contributed by atoms with Crippen LogP contribution in [-0.2, 0) is 14.8 Å². The van der Waals surface area contributed by atoms with Crippen molar-refractivity contribution >= 4 is 21.6 Å². The van der Waals surface area contributed by atoms with Gasteiger partial charge in [-0.05, 0) is 48.5 Å². The predicted octanol–water partition coefficient (Wildman–Crippen LogP) is 0.752. The lowest BCUT2D eigenvalue weighted by Gasteiger charge is -2.31. The lowest BCUT2D eigenvalue weighted by atomic mass is 10.2. The van der Waals surface area contributed by atoms with Crippen molar-refractivity contribution in [3.63, 3.8) is 0 Å². The molecule has 1 fully saturated rings. The molecule has 0 bridgehead atoms. The number of benzene rings is 2. The second kappa shape index (κ2) is 9.34. The molecule has 0 atom stereocenters. The molecule has 1 amide bonds. The Labute approximate surface area is 170 Å². The highest BCUT2D eigenvalue weighted by Gasteiger charge is 2.30. The summed E-state index contributed by atoms with van der Waals surface area (Å²) in [6, 6.07) is 12.0. The Bertz CT molecular complexity index is 925. The average Bonchev–Trinajstić information content (AvgIpc) is 2.74. The lowest BCUT2D eigenvalue weighted by Crippen LogP contribution is -3.14. The molecule has 0 spiro atoms. The van der Waals surface area contributed by atoms with Crippen LogP contribution in [-0.4, -0.2) is 58.5 Å². The van der Waals surface area contributed by atoms with Gasteiger partial charge in [0.1, 0.15) is 11.6 Å². The summed E-state index contributed by atoms with van der Waals surface area (Å²) in [5, 5.41) is 2.74. The number of methoxy groups -OCH3 is 1. The van der Waals surface area contributed by atoms with E-state index in [1.807, 2.05) is 0 Å². The van der Waals surface area contributed by atoms with Gasteiger partial charge in [-0.3, -0.25) is 4.79 Å². The van der Waals surface area contributed by atoms with Crippen molar-refractivity contribution < 1.29 is 27.2 Å². The standard InChI is InChI=1S/C20H24FN3O4S/c1-28-18-6-8-19(9-7-18)29(26,27)24-14-12-23(13-15-24)11-10-20(25)22-17-4-2-16(21)3-5-17/h2-9H,10-15H2,1H3,(H,22,25)/p+1. The van der Waals surface area contributed by atoms with Crippen LogP contribution in [0.5, 0.6) is 5.75 Å². The summed E-state index contributed by atoms with van der Waals surface area (Å²) in [5.41, 5.74) is 0.557. The number of anilines is 1. The number of amides is 1. The van der Waals surface area contributed by atoms with E-state index in [4.69, 9.17) is 4.74 Å². The third kappa shape index (κ3) is 5.53. The Hall–Kier alpha value is -2.49. The second-order valence-electron chi connectivity index (χ2n) is 6.88. The van der Waals surface area contributed by atoms with E-state index in [0.29, 0.717) is 50.6 Å². The van der Waals surface area contributed by atoms with Crippen molar-refractivity contribution in [2.45, 2.75) is 11.3 Å². The smallest absolute Gasteiger partial charge is 0.243 e. The zero-order chi connectivity index (χ0) is 20.9. The van der Waals surface area contributed by atoms with Crippen LogP contribution in [0.25, 0.3) is 0 Å². The van der Waals surface area contributed by atoms with Crippen LogP contribution >= 0.6 is 0 Å². The third-order valence-electron chi connectivity index (χ3n) is 4.96. The largest absolute Gasteiger partial charge is 0.497 e. The minimum Gasteiger partial charge on any atom is -0.497 e. The van der Waals surface area contributed by atoms with Crippen molar-refractivity contribution in [1.82, 2.24) is 4.31 Å². The van der Waals surface area contributed by atoms with E-state index in [9.17, 15) is 17.6 Å². The Balaban J connectivity index is 1.47. The molecule has 2 aromatic carbocycles. The average molecular weight is 423 g/mol. The van der Waals surface area contributed by atoms with Crippen LogP contribution in [0, 0.1) is 5.82 Å². The first-order valence-electron chi connectivity index (χ1n) is 9.41. The van der Waals surface area contributed by atoms with Gasteiger partial charge in [-0.15, -0.1) is 0 Å². The number of rotatable bonds is 7. The van der Waals surface area contributed by atoms with Crippen molar-refractivity contribution in [2.75, 3.05) is 45.2 Å². The number of nitrogens with one attached hydrogen (secondary N) is 2.